The number of rotatable bonds is 9. The van der Waals surface area contributed by atoms with E-state index in [1.54, 1.807) is 17.0 Å². The molecule has 0 bridgehead atoms. The number of benzene rings is 2. The van der Waals surface area contributed by atoms with E-state index in [2.05, 4.69) is 0 Å². The molecule has 2 saturated heterocycles. The Hall–Kier alpha value is -3.13. The number of hydrogen-bond donors (Lipinski definition) is 8. The molecular weight excluding hydrogens is 502 g/mol. The number of carboxylic acids is 1. The van der Waals surface area contributed by atoms with E-state index in [1.807, 2.05) is 0 Å². The number of aliphatic carboxylic acids is 1. The molecule has 2 unspecified atom stereocenters. The molecule has 0 aliphatic carbocycles. The van der Waals surface area contributed by atoms with Crippen molar-refractivity contribution < 1.29 is 55.1 Å². The van der Waals surface area contributed by atoms with Crippen molar-refractivity contribution in [3.05, 3.63) is 47.5 Å². The first kappa shape index (κ1) is 27.9. The van der Waals surface area contributed by atoms with E-state index in [0.717, 1.165) is 11.6 Å². The van der Waals surface area contributed by atoms with Gasteiger partial charge in [0.15, 0.2) is 0 Å². The molecular formula is C26H33NO11. The molecule has 2 fully saturated rings. The summed E-state index contributed by atoms with van der Waals surface area (Å²) in [6.07, 6.45) is -6.12. The van der Waals surface area contributed by atoms with Crippen molar-refractivity contribution >= 4 is 5.97 Å². The summed E-state index contributed by atoms with van der Waals surface area (Å²) in [4.78, 5) is 13.8. The zero-order valence-electron chi connectivity index (χ0n) is 20.5. The van der Waals surface area contributed by atoms with Crippen molar-refractivity contribution in [2.45, 2.75) is 68.5 Å². The van der Waals surface area contributed by atoms with Crippen LogP contribution in [0.25, 0.3) is 0 Å². The molecule has 12 nitrogen and oxygen atoms in total. The maximum atomic E-state index is 12.0. The highest BCUT2D eigenvalue weighted by molar-refractivity contribution is 5.74. The minimum atomic E-state index is -1.74. The van der Waals surface area contributed by atoms with Crippen LogP contribution in [0.5, 0.6) is 23.0 Å². The van der Waals surface area contributed by atoms with E-state index in [4.69, 9.17) is 9.47 Å². The molecule has 208 valence electrons. The van der Waals surface area contributed by atoms with E-state index in [9.17, 15) is 45.6 Å². The standard InChI is InChI=1S/C26H33NO11/c28-12-20-22(32)23(33)24(34)26(38-20)37-19-11-15(30)10-18(31)21(19)16(27-9-1-2-17(27)25(35)36)8-5-13-3-6-14(29)7-4-13/h3-4,6-7,10-11,16-17,20,22-24,26,28-34H,1-2,5,8-9,12H2,(H,35,36)/t16?,17?,20-,22-,23+,24-,26-/m0/s1. The van der Waals surface area contributed by atoms with Crippen molar-refractivity contribution in [3.8, 4) is 23.0 Å². The third kappa shape index (κ3) is 5.80. The SMILES string of the molecule is O=C(O)C1CCCN1C(CCc1ccc(O)cc1)c1c(O)cc(O)cc1O[C@H]1O[C@@H](CO)[C@H](O)[C@@H](O)[C@@H]1O. The number of phenolic OH excluding ortho intramolecular Hbond substituents is 3. The average molecular weight is 536 g/mol. The zero-order valence-corrected chi connectivity index (χ0v) is 20.5. The molecule has 4 rings (SSSR count). The summed E-state index contributed by atoms with van der Waals surface area (Å²) < 4.78 is 11.3. The summed E-state index contributed by atoms with van der Waals surface area (Å²) >= 11 is 0. The van der Waals surface area contributed by atoms with Gasteiger partial charge in [0.25, 0.3) is 0 Å². The first-order valence-electron chi connectivity index (χ1n) is 12.4. The number of carbonyl (C=O) groups is 1. The fourth-order valence-corrected chi connectivity index (χ4v) is 5.19. The Morgan fingerprint density at radius 2 is 1.74 bits per heavy atom. The lowest BCUT2D eigenvalue weighted by molar-refractivity contribution is -0.277. The van der Waals surface area contributed by atoms with Gasteiger partial charge in [-0.3, -0.25) is 9.69 Å². The second-order valence-corrected chi connectivity index (χ2v) is 9.65. The summed E-state index contributed by atoms with van der Waals surface area (Å²) in [6.45, 7) is -0.261. The molecule has 0 amide bonds. The summed E-state index contributed by atoms with van der Waals surface area (Å²) in [5, 5.41) is 80.9. The lowest BCUT2D eigenvalue weighted by Crippen LogP contribution is -2.60. The van der Waals surface area contributed by atoms with Gasteiger partial charge in [-0.2, -0.15) is 0 Å². The van der Waals surface area contributed by atoms with Gasteiger partial charge in [0.2, 0.25) is 6.29 Å². The quantitative estimate of drug-likeness (QED) is 0.217. The predicted molar refractivity (Wildman–Crippen MR) is 131 cm³/mol. The largest absolute Gasteiger partial charge is 0.508 e. The van der Waals surface area contributed by atoms with Crippen LogP contribution < -0.4 is 4.74 Å². The number of aryl methyl sites for hydroxylation is 1. The molecule has 2 aromatic carbocycles. The third-order valence-electron chi connectivity index (χ3n) is 7.15. The molecule has 0 aromatic heterocycles. The third-order valence-corrected chi connectivity index (χ3v) is 7.15. The lowest BCUT2D eigenvalue weighted by Gasteiger charge is -2.40. The maximum absolute atomic E-state index is 12.0. The Morgan fingerprint density at radius 1 is 1.03 bits per heavy atom. The Bertz CT molecular complexity index is 1110. The van der Waals surface area contributed by atoms with Crippen molar-refractivity contribution in [2.75, 3.05) is 13.2 Å². The second kappa shape index (κ2) is 11.7. The number of aliphatic hydroxyl groups excluding tert-OH is 4. The molecule has 2 heterocycles. The Labute approximate surface area is 218 Å². The van der Waals surface area contributed by atoms with Crippen LogP contribution in [0.3, 0.4) is 0 Å². The molecule has 38 heavy (non-hydrogen) atoms. The molecule has 2 aliphatic heterocycles. The van der Waals surface area contributed by atoms with Gasteiger partial charge < -0.3 is 50.3 Å². The van der Waals surface area contributed by atoms with Crippen LogP contribution in [-0.4, -0.2) is 102 Å². The zero-order chi connectivity index (χ0) is 27.6. The van der Waals surface area contributed by atoms with E-state index in [0.29, 0.717) is 32.2 Å². The van der Waals surface area contributed by atoms with Gasteiger partial charge in [-0.1, -0.05) is 12.1 Å². The first-order valence-corrected chi connectivity index (χ1v) is 12.4. The van der Waals surface area contributed by atoms with Gasteiger partial charge in [-0.25, -0.2) is 0 Å². The van der Waals surface area contributed by atoms with Crippen LogP contribution in [0.2, 0.25) is 0 Å². The van der Waals surface area contributed by atoms with Gasteiger partial charge in [-0.05, 0) is 49.9 Å². The van der Waals surface area contributed by atoms with Crippen LogP contribution in [-0.2, 0) is 16.0 Å². The molecule has 0 radical (unpaired) electrons. The maximum Gasteiger partial charge on any atom is 0.320 e. The number of ether oxygens (including phenoxy) is 2. The summed E-state index contributed by atoms with van der Waals surface area (Å²) in [6, 6.07) is 7.24. The Morgan fingerprint density at radius 3 is 2.39 bits per heavy atom. The van der Waals surface area contributed by atoms with Crippen molar-refractivity contribution in [2.24, 2.45) is 0 Å². The van der Waals surface area contributed by atoms with Gasteiger partial charge >= 0.3 is 5.97 Å². The average Bonchev–Trinajstić information content (AvgIpc) is 3.37. The van der Waals surface area contributed by atoms with Crippen molar-refractivity contribution in [3.63, 3.8) is 0 Å². The molecule has 0 spiro atoms. The number of aliphatic hydroxyl groups is 4. The minimum absolute atomic E-state index is 0.0992. The highest BCUT2D eigenvalue weighted by Crippen LogP contribution is 2.45. The van der Waals surface area contributed by atoms with Crippen LogP contribution in [0.1, 0.15) is 36.4 Å². The minimum Gasteiger partial charge on any atom is -0.508 e. The lowest BCUT2D eigenvalue weighted by atomic mass is 9.94. The van der Waals surface area contributed by atoms with Crippen LogP contribution in [0.15, 0.2) is 36.4 Å². The highest BCUT2D eigenvalue weighted by Gasteiger charge is 2.45. The molecule has 2 aromatic rings. The van der Waals surface area contributed by atoms with Gasteiger partial charge in [-0.15, -0.1) is 0 Å². The normalized spacial score (nSPS) is 28.7. The summed E-state index contributed by atoms with van der Waals surface area (Å²) in [7, 11) is 0. The number of hydrogen-bond acceptors (Lipinski definition) is 11. The summed E-state index contributed by atoms with van der Waals surface area (Å²) in [5.74, 6) is -1.80. The molecule has 7 atom stereocenters. The number of aromatic hydroxyl groups is 3. The number of nitrogens with zero attached hydrogens (tertiary/aromatic N) is 1. The van der Waals surface area contributed by atoms with Gasteiger partial charge in [0.05, 0.1) is 12.2 Å². The fourth-order valence-electron chi connectivity index (χ4n) is 5.19. The Kier molecular flexibility index (Phi) is 8.61. The van der Waals surface area contributed by atoms with E-state index in [1.165, 1.54) is 18.2 Å². The predicted octanol–water partition coefficient (Wildman–Crippen LogP) is 0.205. The van der Waals surface area contributed by atoms with E-state index < -0.39 is 55.4 Å². The number of carboxylic acid groups (broad SMARTS) is 1. The Balaban J connectivity index is 1.72. The highest BCUT2D eigenvalue weighted by atomic mass is 16.7. The molecule has 0 saturated carbocycles. The van der Waals surface area contributed by atoms with E-state index >= 15 is 0 Å². The van der Waals surface area contributed by atoms with Crippen molar-refractivity contribution in [1.82, 2.24) is 4.90 Å². The number of likely N-dealkylation sites (tertiary alicyclic amines) is 1. The van der Waals surface area contributed by atoms with Crippen LogP contribution in [0, 0.1) is 0 Å². The van der Waals surface area contributed by atoms with Crippen molar-refractivity contribution in [1.29, 1.82) is 0 Å². The van der Waals surface area contributed by atoms with Gasteiger partial charge in [0.1, 0.15) is 53.5 Å². The second-order valence-electron chi connectivity index (χ2n) is 9.65. The monoisotopic (exact) mass is 535 g/mol. The molecule has 8 N–H and O–H groups in total. The van der Waals surface area contributed by atoms with Gasteiger partial charge in [0, 0.05) is 18.2 Å². The van der Waals surface area contributed by atoms with Crippen LogP contribution >= 0.6 is 0 Å². The molecule has 2 aliphatic rings. The van der Waals surface area contributed by atoms with Crippen LogP contribution in [0.4, 0.5) is 0 Å². The van der Waals surface area contributed by atoms with E-state index in [-0.39, 0.29) is 28.6 Å². The molecule has 12 heteroatoms. The number of phenols is 3. The smallest absolute Gasteiger partial charge is 0.320 e. The first-order chi connectivity index (χ1) is 18.1. The topological polar surface area (TPSA) is 201 Å². The summed E-state index contributed by atoms with van der Waals surface area (Å²) in [5.41, 5.74) is 1.00. The fraction of sp³-hybridized carbons (Fsp3) is 0.500.